The van der Waals surface area contributed by atoms with Crippen molar-refractivity contribution in [3.05, 3.63) is 48.0 Å². The normalized spacial score (nSPS) is 12.6. The summed E-state index contributed by atoms with van der Waals surface area (Å²) in [4.78, 5) is 4.26. The lowest BCUT2D eigenvalue weighted by atomic mass is 10.0. The quantitative estimate of drug-likeness (QED) is 0.851. The molecule has 0 fully saturated rings. The first-order valence-electron chi connectivity index (χ1n) is 7.49. The van der Waals surface area contributed by atoms with Gasteiger partial charge in [0.25, 0.3) is 0 Å². The van der Waals surface area contributed by atoms with Crippen LogP contribution < -0.4 is 10.5 Å². The molecule has 1 aromatic heterocycles. The van der Waals surface area contributed by atoms with E-state index in [0.717, 1.165) is 30.8 Å². The monoisotopic (exact) mass is 287 g/mol. The highest BCUT2D eigenvalue weighted by molar-refractivity contribution is 5.33. The van der Waals surface area contributed by atoms with Crippen molar-refractivity contribution in [3.8, 4) is 5.75 Å². The van der Waals surface area contributed by atoms with Gasteiger partial charge in [-0.3, -0.25) is 0 Å². The second-order valence-corrected chi connectivity index (χ2v) is 5.81. The Kier molecular flexibility index (Phi) is 5.39. The van der Waals surface area contributed by atoms with Gasteiger partial charge in [0.15, 0.2) is 0 Å². The van der Waals surface area contributed by atoms with Gasteiger partial charge in [-0.05, 0) is 30.4 Å². The van der Waals surface area contributed by atoms with E-state index in [1.165, 1.54) is 5.56 Å². The standard InChI is InChI=1S/C17H25N3O/c1-13(2)10-15(18)16-11-19-12-20(16)9-8-14-6-4-5-7-17(14)21-3/h4-7,11-13,15H,8-10,18H2,1-3H3. The molecule has 0 saturated heterocycles. The molecule has 1 heterocycles. The Morgan fingerprint density at radius 2 is 2.05 bits per heavy atom. The largest absolute Gasteiger partial charge is 0.496 e. The number of benzene rings is 1. The molecule has 1 aromatic carbocycles. The summed E-state index contributed by atoms with van der Waals surface area (Å²) < 4.78 is 7.55. The highest BCUT2D eigenvalue weighted by Crippen LogP contribution is 2.21. The molecule has 0 spiro atoms. The molecule has 0 bridgehead atoms. The zero-order valence-electron chi connectivity index (χ0n) is 13.1. The Hall–Kier alpha value is -1.81. The summed E-state index contributed by atoms with van der Waals surface area (Å²) in [6.45, 7) is 5.24. The lowest BCUT2D eigenvalue weighted by Crippen LogP contribution is -2.18. The van der Waals surface area contributed by atoms with Crippen LogP contribution in [-0.2, 0) is 13.0 Å². The zero-order valence-corrected chi connectivity index (χ0v) is 13.1. The Bertz CT molecular complexity index is 563. The predicted octanol–water partition coefficient (Wildman–Crippen LogP) is 3.18. The van der Waals surface area contributed by atoms with Gasteiger partial charge in [-0.2, -0.15) is 0 Å². The fraction of sp³-hybridized carbons (Fsp3) is 0.471. The van der Waals surface area contributed by atoms with E-state index in [1.54, 1.807) is 7.11 Å². The van der Waals surface area contributed by atoms with E-state index >= 15 is 0 Å². The van der Waals surface area contributed by atoms with Gasteiger partial charge in [-0.1, -0.05) is 32.0 Å². The summed E-state index contributed by atoms with van der Waals surface area (Å²) >= 11 is 0. The first kappa shape index (κ1) is 15.6. The maximum Gasteiger partial charge on any atom is 0.122 e. The first-order valence-corrected chi connectivity index (χ1v) is 7.49. The number of para-hydroxylation sites is 1. The van der Waals surface area contributed by atoms with Crippen LogP contribution in [-0.4, -0.2) is 16.7 Å². The van der Waals surface area contributed by atoms with Crippen molar-refractivity contribution in [1.29, 1.82) is 0 Å². The molecule has 4 nitrogen and oxygen atoms in total. The topological polar surface area (TPSA) is 53.1 Å². The third kappa shape index (κ3) is 4.08. The van der Waals surface area contributed by atoms with Crippen molar-refractivity contribution in [2.24, 2.45) is 11.7 Å². The van der Waals surface area contributed by atoms with E-state index in [0.29, 0.717) is 5.92 Å². The molecule has 1 unspecified atom stereocenters. The molecular weight excluding hydrogens is 262 g/mol. The van der Waals surface area contributed by atoms with Crippen LogP contribution in [0.2, 0.25) is 0 Å². The summed E-state index contributed by atoms with van der Waals surface area (Å²) in [5, 5.41) is 0. The smallest absolute Gasteiger partial charge is 0.122 e. The van der Waals surface area contributed by atoms with Gasteiger partial charge in [0.1, 0.15) is 5.75 Å². The number of nitrogens with zero attached hydrogens (tertiary/aromatic N) is 2. The van der Waals surface area contributed by atoms with E-state index in [1.807, 2.05) is 30.7 Å². The molecule has 1 atom stereocenters. The minimum absolute atomic E-state index is 0.0465. The van der Waals surface area contributed by atoms with E-state index in [9.17, 15) is 0 Å². The Labute approximate surface area is 127 Å². The average molecular weight is 287 g/mol. The zero-order chi connectivity index (χ0) is 15.2. The molecule has 0 aliphatic heterocycles. The minimum atomic E-state index is 0.0465. The Balaban J connectivity index is 2.05. The third-order valence-electron chi connectivity index (χ3n) is 3.66. The summed E-state index contributed by atoms with van der Waals surface area (Å²) in [5.74, 6) is 1.52. The summed E-state index contributed by atoms with van der Waals surface area (Å²) in [7, 11) is 1.71. The van der Waals surface area contributed by atoms with E-state index in [4.69, 9.17) is 10.5 Å². The van der Waals surface area contributed by atoms with Crippen LogP contribution in [0.4, 0.5) is 0 Å². The highest BCUT2D eigenvalue weighted by atomic mass is 16.5. The number of ether oxygens (including phenoxy) is 1. The fourth-order valence-electron chi connectivity index (χ4n) is 2.61. The molecule has 21 heavy (non-hydrogen) atoms. The molecule has 0 aliphatic carbocycles. The molecule has 0 radical (unpaired) electrons. The number of nitrogens with two attached hydrogens (primary N) is 1. The van der Waals surface area contributed by atoms with Gasteiger partial charge in [0.05, 0.1) is 19.1 Å². The van der Waals surface area contributed by atoms with Gasteiger partial charge >= 0.3 is 0 Å². The first-order chi connectivity index (χ1) is 10.1. The number of imidazole rings is 1. The van der Waals surface area contributed by atoms with Crippen molar-refractivity contribution in [2.45, 2.75) is 39.3 Å². The number of hydrogen-bond donors (Lipinski definition) is 1. The number of hydrogen-bond acceptors (Lipinski definition) is 3. The van der Waals surface area contributed by atoms with E-state index in [2.05, 4.69) is 29.5 Å². The Morgan fingerprint density at radius 3 is 2.76 bits per heavy atom. The van der Waals surface area contributed by atoms with Crippen LogP contribution in [0.25, 0.3) is 0 Å². The molecule has 0 aliphatic rings. The summed E-state index contributed by atoms with van der Waals surface area (Å²) in [6.07, 6.45) is 5.63. The van der Waals surface area contributed by atoms with E-state index in [-0.39, 0.29) is 6.04 Å². The van der Waals surface area contributed by atoms with Crippen LogP contribution >= 0.6 is 0 Å². The Morgan fingerprint density at radius 1 is 1.29 bits per heavy atom. The molecule has 0 saturated carbocycles. The van der Waals surface area contributed by atoms with Gasteiger partial charge < -0.3 is 15.0 Å². The minimum Gasteiger partial charge on any atom is -0.496 e. The van der Waals surface area contributed by atoms with Crippen molar-refractivity contribution in [3.63, 3.8) is 0 Å². The average Bonchev–Trinajstić information content (AvgIpc) is 2.93. The van der Waals surface area contributed by atoms with Crippen molar-refractivity contribution >= 4 is 0 Å². The van der Waals surface area contributed by atoms with Crippen LogP contribution in [0, 0.1) is 5.92 Å². The molecule has 2 aromatic rings. The van der Waals surface area contributed by atoms with Crippen molar-refractivity contribution in [1.82, 2.24) is 9.55 Å². The van der Waals surface area contributed by atoms with Gasteiger partial charge in [0.2, 0.25) is 0 Å². The third-order valence-corrected chi connectivity index (χ3v) is 3.66. The molecular formula is C17H25N3O. The van der Waals surface area contributed by atoms with Crippen molar-refractivity contribution < 1.29 is 4.74 Å². The van der Waals surface area contributed by atoms with Crippen LogP contribution in [0.1, 0.15) is 37.6 Å². The van der Waals surface area contributed by atoms with Gasteiger partial charge in [-0.25, -0.2) is 4.98 Å². The summed E-state index contributed by atoms with van der Waals surface area (Å²) in [5.41, 5.74) is 8.60. The molecule has 0 amide bonds. The maximum atomic E-state index is 6.28. The summed E-state index contributed by atoms with van der Waals surface area (Å²) in [6, 6.07) is 8.17. The van der Waals surface area contributed by atoms with Gasteiger partial charge in [-0.15, -0.1) is 0 Å². The lowest BCUT2D eigenvalue weighted by molar-refractivity contribution is 0.408. The number of methoxy groups -OCH3 is 1. The van der Waals surface area contributed by atoms with Crippen molar-refractivity contribution in [2.75, 3.05) is 7.11 Å². The van der Waals surface area contributed by atoms with Crippen LogP contribution in [0.3, 0.4) is 0 Å². The fourth-order valence-corrected chi connectivity index (χ4v) is 2.61. The van der Waals surface area contributed by atoms with E-state index < -0.39 is 0 Å². The molecule has 2 rings (SSSR count). The van der Waals surface area contributed by atoms with Crippen LogP contribution in [0.15, 0.2) is 36.8 Å². The second kappa shape index (κ2) is 7.27. The molecule has 2 N–H and O–H groups in total. The lowest BCUT2D eigenvalue weighted by Gasteiger charge is -2.17. The number of aromatic nitrogens is 2. The molecule has 114 valence electrons. The highest BCUT2D eigenvalue weighted by Gasteiger charge is 2.13. The number of aryl methyl sites for hydroxylation is 2. The predicted molar refractivity (Wildman–Crippen MR) is 85.3 cm³/mol. The number of rotatable bonds is 7. The molecule has 4 heteroatoms. The van der Waals surface area contributed by atoms with Crippen LogP contribution in [0.5, 0.6) is 5.75 Å². The maximum absolute atomic E-state index is 6.28. The van der Waals surface area contributed by atoms with Gasteiger partial charge in [0, 0.05) is 18.8 Å². The second-order valence-electron chi connectivity index (χ2n) is 5.81. The SMILES string of the molecule is COc1ccccc1CCn1cncc1C(N)CC(C)C.